The Bertz CT molecular complexity index is 387. The Morgan fingerprint density at radius 1 is 1.11 bits per heavy atom. The van der Waals surface area contributed by atoms with Gasteiger partial charge in [0.05, 0.1) is 13.2 Å². The van der Waals surface area contributed by atoms with Crippen LogP contribution in [0.5, 0.6) is 0 Å². The SMILES string of the molecule is CCCNC(c1ccccc1)P(=O)(OCC)OCC. The zero-order chi connectivity index (χ0) is 14.1. The molecule has 1 unspecified atom stereocenters. The number of nitrogens with one attached hydrogen (secondary N) is 1. The third-order valence-corrected chi connectivity index (χ3v) is 4.99. The molecule has 19 heavy (non-hydrogen) atoms. The van der Waals surface area contributed by atoms with Crippen LogP contribution in [0, 0.1) is 0 Å². The summed E-state index contributed by atoms with van der Waals surface area (Å²) >= 11 is 0. The summed E-state index contributed by atoms with van der Waals surface area (Å²) in [6.45, 7) is 7.23. The van der Waals surface area contributed by atoms with Crippen LogP contribution < -0.4 is 5.32 Å². The van der Waals surface area contributed by atoms with Crippen molar-refractivity contribution < 1.29 is 13.6 Å². The van der Waals surface area contributed by atoms with E-state index >= 15 is 0 Å². The van der Waals surface area contributed by atoms with E-state index in [1.165, 1.54) is 0 Å². The van der Waals surface area contributed by atoms with E-state index in [1.54, 1.807) is 0 Å². The largest absolute Gasteiger partial charge is 0.351 e. The summed E-state index contributed by atoms with van der Waals surface area (Å²) < 4.78 is 23.8. The summed E-state index contributed by atoms with van der Waals surface area (Å²) in [4.78, 5) is 0. The fraction of sp³-hybridized carbons (Fsp3) is 0.571. The molecule has 0 aliphatic carbocycles. The highest BCUT2D eigenvalue weighted by atomic mass is 31.2. The minimum absolute atomic E-state index is 0.369. The van der Waals surface area contributed by atoms with Crippen molar-refractivity contribution in [2.75, 3.05) is 19.8 Å². The van der Waals surface area contributed by atoms with Crippen LogP contribution in [0.25, 0.3) is 0 Å². The van der Waals surface area contributed by atoms with Crippen molar-refractivity contribution >= 4 is 7.60 Å². The smallest absolute Gasteiger partial charge is 0.308 e. The van der Waals surface area contributed by atoms with Gasteiger partial charge in [0.1, 0.15) is 5.78 Å². The monoisotopic (exact) mass is 285 g/mol. The maximum Gasteiger partial charge on any atom is 0.351 e. The molecule has 0 bridgehead atoms. The molecule has 0 radical (unpaired) electrons. The summed E-state index contributed by atoms with van der Waals surface area (Å²) in [5.74, 6) is -0.409. The average molecular weight is 285 g/mol. The van der Waals surface area contributed by atoms with Gasteiger partial charge in [-0.25, -0.2) is 0 Å². The van der Waals surface area contributed by atoms with Crippen LogP contribution in [0.4, 0.5) is 0 Å². The second-order valence-electron chi connectivity index (χ2n) is 4.14. The summed E-state index contributed by atoms with van der Waals surface area (Å²) in [6, 6.07) is 9.68. The van der Waals surface area contributed by atoms with E-state index in [-0.39, 0.29) is 0 Å². The molecule has 0 aliphatic rings. The second kappa shape index (κ2) is 8.49. The van der Waals surface area contributed by atoms with Crippen molar-refractivity contribution in [3.8, 4) is 0 Å². The van der Waals surface area contributed by atoms with Crippen molar-refractivity contribution in [2.45, 2.75) is 33.0 Å². The first-order valence-corrected chi connectivity index (χ1v) is 8.46. The quantitative estimate of drug-likeness (QED) is 0.698. The van der Waals surface area contributed by atoms with Gasteiger partial charge in [-0.1, -0.05) is 37.3 Å². The van der Waals surface area contributed by atoms with E-state index in [0.717, 1.165) is 18.5 Å². The van der Waals surface area contributed by atoms with Gasteiger partial charge in [0, 0.05) is 0 Å². The molecular weight excluding hydrogens is 261 g/mol. The van der Waals surface area contributed by atoms with Gasteiger partial charge in [-0.15, -0.1) is 0 Å². The number of rotatable bonds is 9. The van der Waals surface area contributed by atoms with Gasteiger partial charge in [0.2, 0.25) is 0 Å². The summed E-state index contributed by atoms with van der Waals surface area (Å²) in [6.07, 6.45) is 0.960. The van der Waals surface area contributed by atoms with Crippen LogP contribution >= 0.6 is 7.60 Å². The van der Waals surface area contributed by atoms with Crippen molar-refractivity contribution in [2.24, 2.45) is 0 Å². The Hall–Kier alpha value is -0.670. The number of hydrogen-bond donors (Lipinski definition) is 1. The molecule has 1 rings (SSSR count). The lowest BCUT2D eigenvalue weighted by molar-refractivity contribution is 0.207. The summed E-state index contributed by atoms with van der Waals surface area (Å²) in [7, 11) is -3.19. The molecule has 1 aromatic rings. The lowest BCUT2D eigenvalue weighted by Crippen LogP contribution is -2.24. The minimum atomic E-state index is -3.19. The van der Waals surface area contributed by atoms with Crippen LogP contribution in [0.2, 0.25) is 0 Å². The molecule has 0 aliphatic heterocycles. The van der Waals surface area contributed by atoms with Crippen molar-refractivity contribution in [3.05, 3.63) is 35.9 Å². The molecule has 0 fully saturated rings. The van der Waals surface area contributed by atoms with Gasteiger partial charge in [-0.05, 0) is 32.4 Å². The third-order valence-electron chi connectivity index (χ3n) is 2.64. The van der Waals surface area contributed by atoms with E-state index in [1.807, 2.05) is 44.2 Å². The normalized spacial score (nSPS) is 13.4. The molecule has 1 N–H and O–H groups in total. The van der Waals surface area contributed by atoms with E-state index in [2.05, 4.69) is 12.2 Å². The molecule has 4 nitrogen and oxygen atoms in total. The fourth-order valence-electron chi connectivity index (χ4n) is 1.87. The van der Waals surface area contributed by atoms with Crippen molar-refractivity contribution in [3.63, 3.8) is 0 Å². The van der Waals surface area contributed by atoms with Crippen molar-refractivity contribution in [1.29, 1.82) is 0 Å². The lowest BCUT2D eigenvalue weighted by atomic mass is 10.2. The molecule has 0 saturated carbocycles. The molecule has 5 heteroatoms. The topological polar surface area (TPSA) is 47.6 Å². The maximum absolute atomic E-state index is 12.9. The first-order chi connectivity index (χ1) is 9.18. The fourth-order valence-corrected chi connectivity index (χ4v) is 3.86. The van der Waals surface area contributed by atoms with Gasteiger partial charge >= 0.3 is 7.60 Å². The molecule has 0 heterocycles. The van der Waals surface area contributed by atoms with Crippen LogP contribution in [-0.2, 0) is 13.6 Å². The predicted octanol–water partition coefficient (Wildman–Crippen LogP) is 3.95. The Balaban J connectivity index is 3.03. The van der Waals surface area contributed by atoms with Crippen LogP contribution in [0.1, 0.15) is 38.5 Å². The highest BCUT2D eigenvalue weighted by Gasteiger charge is 2.36. The first-order valence-electron chi connectivity index (χ1n) is 6.85. The number of benzene rings is 1. The van der Waals surface area contributed by atoms with E-state index in [4.69, 9.17) is 9.05 Å². The third kappa shape index (κ3) is 4.73. The summed E-state index contributed by atoms with van der Waals surface area (Å²) in [5.41, 5.74) is 0.932. The molecule has 0 spiro atoms. The van der Waals surface area contributed by atoms with Gasteiger partial charge in [-0.2, -0.15) is 0 Å². The predicted molar refractivity (Wildman–Crippen MR) is 78.3 cm³/mol. The average Bonchev–Trinajstić information content (AvgIpc) is 2.41. The molecular formula is C14H24NO3P. The zero-order valence-electron chi connectivity index (χ0n) is 12.0. The van der Waals surface area contributed by atoms with Gasteiger partial charge in [-0.3, -0.25) is 9.88 Å². The van der Waals surface area contributed by atoms with Crippen LogP contribution in [-0.4, -0.2) is 19.8 Å². The molecule has 0 aromatic heterocycles. The van der Waals surface area contributed by atoms with E-state index < -0.39 is 13.4 Å². The van der Waals surface area contributed by atoms with Crippen LogP contribution in [0.3, 0.4) is 0 Å². The highest BCUT2D eigenvalue weighted by Crippen LogP contribution is 2.59. The minimum Gasteiger partial charge on any atom is -0.308 e. The first kappa shape index (κ1) is 16.4. The maximum atomic E-state index is 12.9. The summed E-state index contributed by atoms with van der Waals surface area (Å²) in [5, 5.41) is 3.28. The van der Waals surface area contributed by atoms with Crippen LogP contribution in [0.15, 0.2) is 30.3 Å². The molecule has 108 valence electrons. The molecule has 0 amide bonds. The second-order valence-corrected chi connectivity index (χ2v) is 6.26. The zero-order valence-corrected chi connectivity index (χ0v) is 12.9. The van der Waals surface area contributed by atoms with Gasteiger partial charge in [0.25, 0.3) is 0 Å². The van der Waals surface area contributed by atoms with Gasteiger partial charge in [0.15, 0.2) is 0 Å². The van der Waals surface area contributed by atoms with Crippen molar-refractivity contribution in [1.82, 2.24) is 5.32 Å². The Morgan fingerprint density at radius 2 is 1.68 bits per heavy atom. The Labute approximate surface area is 116 Å². The molecule has 1 aromatic carbocycles. The lowest BCUT2D eigenvalue weighted by Gasteiger charge is -2.27. The van der Waals surface area contributed by atoms with E-state index in [0.29, 0.717) is 13.2 Å². The number of hydrogen-bond acceptors (Lipinski definition) is 4. The highest BCUT2D eigenvalue weighted by molar-refractivity contribution is 7.54. The molecule has 0 saturated heterocycles. The molecule has 1 atom stereocenters. The Kier molecular flexibility index (Phi) is 7.32. The van der Waals surface area contributed by atoms with Gasteiger partial charge < -0.3 is 9.05 Å². The standard InChI is InChI=1S/C14H24NO3P/c1-4-12-15-14(13-10-8-7-9-11-13)19(16,17-5-2)18-6-3/h7-11,14-15H,4-6,12H2,1-3H3. The Morgan fingerprint density at radius 3 is 2.16 bits per heavy atom. The van der Waals surface area contributed by atoms with E-state index in [9.17, 15) is 4.57 Å².